The number of hydrogen-bond donors (Lipinski definition) is 0. The highest BCUT2D eigenvalue weighted by atomic mass is 16.1. The average molecular weight is 249 g/mol. The Morgan fingerprint density at radius 3 is 2.74 bits per heavy atom. The Balaban J connectivity index is 1.96. The Bertz CT molecular complexity index is 720. The fourth-order valence-electron chi connectivity index (χ4n) is 1.97. The molecule has 0 aliphatic heterocycles. The first-order chi connectivity index (χ1) is 9.34. The molecule has 0 atom stereocenters. The van der Waals surface area contributed by atoms with Crippen LogP contribution in [-0.4, -0.2) is 21.0 Å². The summed E-state index contributed by atoms with van der Waals surface area (Å²) < 4.78 is 0. The van der Waals surface area contributed by atoms with Crippen molar-refractivity contribution in [1.29, 1.82) is 0 Å². The van der Waals surface area contributed by atoms with E-state index in [-0.39, 0.29) is 12.2 Å². The standard InChI is InChI=1S/C15H11N3O/c19-14(11-5-2-1-3-6-11)9-13-15-12(10-17-18-13)7-4-8-16-15/h1-8,10H,9H2. The van der Waals surface area contributed by atoms with Crippen molar-refractivity contribution in [2.75, 3.05) is 0 Å². The van der Waals surface area contributed by atoms with Gasteiger partial charge in [-0.1, -0.05) is 30.3 Å². The SMILES string of the molecule is O=C(Cc1nncc2cccnc12)c1ccccc1. The summed E-state index contributed by atoms with van der Waals surface area (Å²) in [5.74, 6) is 0.0213. The smallest absolute Gasteiger partial charge is 0.168 e. The molecule has 0 radical (unpaired) electrons. The number of ketones is 1. The molecular weight excluding hydrogens is 238 g/mol. The predicted molar refractivity (Wildman–Crippen MR) is 71.8 cm³/mol. The summed E-state index contributed by atoms with van der Waals surface area (Å²) in [6.45, 7) is 0. The molecule has 2 aromatic heterocycles. The van der Waals surface area contributed by atoms with Gasteiger partial charge in [0.1, 0.15) is 0 Å². The highest BCUT2D eigenvalue weighted by molar-refractivity contribution is 5.98. The number of pyridine rings is 1. The Kier molecular flexibility index (Phi) is 2.98. The molecule has 92 valence electrons. The molecule has 0 bridgehead atoms. The minimum absolute atomic E-state index is 0.0213. The van der Waals surface area contributed by atoms with E-state index < -0.39 is 0 Å². The van der Waals surface area contributed by atoms with Crippen LogP contribution in [0, 0.1) is 0 Å². The maximum absolute atomic E-state index is 12.2. The van der Waals surface area contributed by atoms with Crippen LogP contribution in [0.5, 0.6) is 0 Å². The maximum Gasteiger partial charge on any atom is 0.168 e. The van der Waals surface area contributed by atoms with Gasteiger partial charge in [0.25, 0.3) is 0 Å². The number of rotatable bonds is 3. The highest BCUT2D eigenvalue weighted by Crippen LogP contribution is 2.14. The van der Waals surface area contributed by atoms with Crippen molar-refractivity contribution in [1.82, 2.24) is 15.2 Å². The molecule has 0 amide bonds. The van der Waals surface area contributed by atoms with E-state index in [1.807, 2.05) is 30.3 Å². The first-order valence-electron chi connectivity index (χ1n) is 5.98. The monoisotopic (exact) mass is 249 g/mol. The van der Waals surface area contributed by atoms with Crippen LogP contribution in [0.1, 0.15) is 16.1 Å². The Hall–Kier alpha value is -2.62. The van der Waals surface area contributed by atoms with Crippen molar-refractivity contribution in [3.8, 4) is 0 Å². The van der Waals surface area contributed by atoms with Crippen molar-refractivity contribution in [2.45, 2.75) is 6.42 Å². The van der Waals surface area contributed by atoms with Crippen LogP contribution in [0.25, 0.3) is 10.9 Å². The van der Waals surface area contributed by atoms with Crippen LogP contribution in [0.15, 0.2) is 54.9 Å². The van der Waals surface area contributed by atoms with Crippen molar-refractivity contribution in [3.63, 3.8) is 0 Å². The molecule has 0 aliphatic carbocycles. The summed E-state index contributed by atoms with van der Waals surface area (Å²) in [5, 5.41) is 8.85. The molecule has 0 N–H and O–H groups in total. The molecule has 0 saturated heterocycles. The summed E-state index contributed by atoms with van der Waals surface area (Å²) in [5.41, 5.74) is 2.03. The summed E-state index contributed by atoms with van der Waals surface area (Å²) in [6, 6.07) is 12.9. The third-order valence-electron chi connectivity index (χ3n) is 2.91. The van der Waals surface area contributed by atoms with Crippen molar-refractivity contribution < 1.29 is 4.79 Å². The molecule has 0 unspecified atom stereocenters. The highest BCUT2D eigenvalue weighted by Gasteiger charge is 2.11. The largest absolute Gasteiger partial charge is 0.294 e. The van der Waals surface area contributed by atoms with Gasteiger partial charge >= 0.3 is 0 Å². The van der Waals surface area contributed by atoms with E-state index >= 15 is 0 Å². The third-order valence-corrected chi connectivity index (χ3v) is 2.91. The predicted octanol–water partition coefficient (Wildman–Crippen LogP) is 2.45. The van der Waals surface area contributed by atoms with Gasteiger partial charge in [-0.05, 0) is 12.1 Å². The van der Waals surface area contributed by atoms with Crippen molar-refractivity contribution >= 4 is 16.7 Å². The number of nitrogens with zero attached hydrogens (tertiary/aromatic N) is 3. The van der Waals surface area contributed by atoms with E-state index in [0.717, 1.165) is 10.9 Å². The molecule has 2 heterocycles. The van der Waals surface area contributed by atoms with Gasteiger partial charge in [-0.2, -0.15) is 10.2 Å². The molecule has 0 spiro atoms. The summed E-state index contributed by atoms with van der Waals surface area (Å²) >= 11 is 0. The number of aromatic nitrogens is 3. The topological polar surface area (TPSA) is 55.7 Å². The van der Waals surface area contributed by atoms with E-state index in [0.29, 0.717) is 11.3 Å². The second kappa shape index (κ2) is 4.94. The van der Waals surface area contributed by atoms with Gasteiger partial charge < -0.3 is 0 Å². The zero-order chi connectivity index (χ0) is 13.1. The van der Waals surface area contributed by atoms with Gasteiger partial charge in [0.15, 0.2) is 5.78 Å². The third kappa shape index (κ3) is 2.33. The lowest BCUT2D eigenvalue weighted by molar-refractivity contribution is 0.0992. The fraction of sp³-hybridized carbons (Fsp3) is 0.0667. The Labute approximate surface area is 110 Å². The van der Waals surface area contributed by atoms with Gasteiger partial charge in [0, 0.05) is 17.1 Å². The number of carbonyl (C=O) groups excluding carboxylic acids is 1. The van der Waals surface area contributed by atoms with Gasteiger partial charge in [-0.25, -0.2) is 0 Å². The number of Topliss-reactive ketones (excluding diaryl/α,β-unsaturated/α-hetero) is 1. The second-order valence-electron chi connectivity index (χ2n) is 4.20. The van der Waals surface area contributed by atoms with Crippen LogP contribution >= 0.6 is 0 Å². The first kappa shape index (κ1) is 11.5. The van der Waals surface area contributed by atoms with E-state index in [4.69, 9.17) is 0 Å². The van der Waals surface area contributed by atoms with Crippen LogP contribution < -0.4 is 0 Å². The molecule has 0 saturated carbocycles. The molecule has 0 aliphatic rings. The van der Waals surface area contributed by atoms with Crippen molar-refractivity contribution in [3.05, 3.63) is 66.1 Å². The minimum Gasteiger partial charge on any atom is -0.294 e. The number of fused-ring (bicyclic) bond motifs is 1. The number of benzene rings is 1. The first-order valence-corrected chi connectivity index (χ1v) is 5.98. The lowest BCUT2D eigenvalue weighted by Gasteiger charge is -2.03. The molecule has 1 aromatic carbocycles. The van der Waals surface area contributed by atoms with E-state index in [1.165, 1.54) is 0 Å². The molecule has 3 aromatic rings. The van der Waals surface area contributed by atoms with E-state index in [9.17, 15) is 4.79 Å². The normalized spacial score (nSPS) is 10.5. The van der Waals surface area contributed by atoms with Crippen LogP contribution in [0.4, 0.5) is 0 Å². The van der Waals surface area contributed by atoms with Crippen LogP contribution in [0.3, 0.4) is 0 Å². The fourth-order valence-corrected chi connectivity index (χ4v) is 1.97. The molecule has 19 heavy (non-hydrogen) atoms. The Morgan fingerprint density at radius 1 is 1.05 bits per heavy atom. The second-order valence-corrected chi connectivity index (χ2v) is 4.20. The van der Waals surface area contributed by atoms with Gasteiger partial charge in [-0.3, -0.25) is 9.78 Å². The minimum atomic E-state index is 0.0213. The molecule has 4 heteroatoms. The van der Waals surface area contributed by atoms with Gasteiger partial charge in [-0.15, -0.1) is 0 Å². The van der Waals surface area contributed by atoms with Crippen molar-refractivity contribution in [2.24, 2.45) is 0 Å². The summed E-state index contributed by atoms with van der Waals surface area (Å²) in [4.78, 5) is 16.4. The quantitative estimate of drug-likeness (QED) is 0.669. The van der Waals surface area contributed by atoms with Crippen LogP contribution in [0.2, 0.25) is 0 Å². The zero-order valence-electron chi connectivity index (χ0n) is 10.2. The van der Waals surface area contributed by atoms with E-state index in [2.05, 4.69) is 15.2 Å². The van der Waals surface area contributed by atoms with Gasteiger partial charge in [0.2, 0.25) is 0 Å². The van der Waals surface area contributed by atoms with Crippen LogP contribution in [-0.2, 0) is 6.42 Å². The Morgan fingerprint density at radius 2 is 1.89 bits per heavy atom. The average Bonchev–Trinajstić information content (AvgIpc) is 2.48. The zero-order valence-corrected chi connectivity index (χ0v) is 10.2. The molecule has 0 fully saturated rings. The molecular formula is C15H11N3O. The number of hydrogen-bond acceptors (Lipinski definition) is 4. The summed E-state index contributed by atoms with van der Waals surface area (Å²) in [7, 11) is 0. The number of carbonyl (C=O) groups is 1. The maximum atomic E-state index is 12.2. The summed E-state index contributed by atoms with van der Waals surface area (Å²) in [6.07, 6.45) is 3.56. The lowest BCUT2D eigenvalue weighted by atomic mass is 10.1. The lowest BCUT2D eigenvalue weighted by Crippen LogP contribution is -2.07. The van der Waals surface area contributed by atoms with E-state index in [1.54, 1.807) is 24.5 Å². The molecule has 3 rings (SSSR count). The van der Waals surface area contributed by atoms with Gasteiger partial charge in [0.05, 0.1) is 23.8 Å². The molecule has 4 nitrogen and oxygen atoms in total.